The van der Waals surface area contributed by atoms with Gasteiger partial charge in [-0.25, -0.2) is 9.78 Å². The van der Waals surface area contributed by atoms with Crippen molar-refractivity contribution in [3.63, 3.8) is 0 Å². The summed E-state index contributed by atoms with van der Waals surface area (Å²) in [5.41, 5.74) is 2.77. The van der Waals surface area contributed by atoms with Crippen LogP contribution in [-0.2, 0) is 5.75 Å². The third-order valence-corrected chi connectivity index (χ3v) is 5.50. The molecule has 0 atom stereocenters. The summed E-state index contributed by atoms with van der Waals surface area (Å²) in [5, 5.41) is 5.30. The molecule has 148 valence electrons. The number of rotatable bonds is 6. The van der Waals surface area contributed by atoms with Crippen LogP contribution in [0.25, 0.3) is 16.8 Å². The second-order valence-electron chi connectivity index (χ2n) is 6.16. The number of hydrogen-bond donors (Lipinski definition) is 1. The van der Waals surface area contributed by atoms with E-state index in [1.165, 1.54) is 16.3 Å². The number of nitrogens with zero attached hydrogens (tertiary/aromatic N) is 3. The fourth-order valence-electron chi connectivity index (χ4n) is 2.87. The first kappa shape index (κ1) is 19.4. The Hall–Kier alpha value is -2.97. The Morgan fingerprint density at radius 1 is 1.10 bits per heavy atom. The molecular weight excluding hydrogens is 412 g/mol. The lowest BCUT2D eigenvalue weighted by atomic mass is 10.1. The molecule has 29 heavy (non-hydrogen) atoms. The zero-order valence-electron chi connectivity index (χ0n) is 15.7. The monoisotopic (exact) mass is 428 g/mol. The minimum atomic E-state index is -0.346. The summed E-state index contributed by atoms with van der Waals surface area (Å²) < 4.78 is 11.9. The molecule has 0 fully saturated rings. The number of ether oxygens (including phenoxy) is 2. The van der Waals surface area contributed by atoms with Gasteiger partial charge in [0, 0.05) is 22.4 Å². The number of halogens is 1. The van der Waals surface area contributed by atoms with Gasteiger partial charge in [0.05, 0.1) is 20.4 Å². The van der Waals surface area contributed by atoms with E-state index in [1.807, 2.05) is 30.3 Å². The molecule has 0 radical (unpaired) electrons. The molecule has 2 heterocycles. The van der Waals surface area contributed by atoms with Crippen LogP contribution in [0.1, 0.15) is 5.56 Å². The van der Waals surface area contributed by atoms with Crippen molar-refractivity contribution in [3.05, 3.63) is 69.7 Å². The Kier molecular flexibility index (Phi) is 5.46. The highest BCUT2D eigenvalue weighted by molar-refractivity contribution is 7.98. The topological polar surface area (TPSA) is 81.5 Å². The number of fused-ring (bicyclic) bond motifs is 1. The number of H-pyrrole nitrogens is 1. The predicted octanol–water partition coefficient (Wildman–Crippen LogP) is 4.05. The van der Waals surface area contributed by atoms with Crippen LogP contribution in [-0.4, -0.2) is 33.8 Å². The molecule has 7 nitrogen and oxygen atoms in total. The molecule has 0 aliphatic heterocycles. The summed E-state index contributed by atoms with van der Waals surface area (Å²) in [6.07, 6.45) is 1.63. The Balaban J connectivity index is 1.66. The lowest BCUT2D eigenvalue weighted by molar-refractivity contribution is 0.393. The van der Waals surface area contributed by atoms with Gasteiger partial charge in [-0.15, -0.1) is 0 Å². The smallest absolute Gasteiger partial charge is 0.350 e. The minimum absolute atomic E-state index is 0.346. The maximum atomic E-state index is 12.4. The van der Waals surface area contributed by atoms with Crippen molar-refractivity contribution < 1.29 is 9.47 Å². The van der Waals surface area contributed by atoms with Gasteiger partial charge in [0.2, 0.25) is 0 Å². The summed E-state index contributed by atoms with van der Waals surface area (Å²) >= 11 is 7.38. The van der Waals surface area contributed by atoms with Gasteiger partial charge in [-0.2, -0.15) is 9.61 Å². The normalized spacial score (nSPS) is 11.0. The minimum Gasteiger partial charge on any atom is -0.497 e. The van der Waals surface area contributed by atoms with Crippen LogP contribution in [0.2, 0.25) is 5.02 Å². The van der Waals surface area contributed by atoms with E-state index < -0.39 is 0 Å². The summed E-state index contributed by atoms with van der Waals surface area (Å²) in [7, 11) is 3.22. The Bertz CT molecular complexity index is 1200. The fraction of sp³-hybridized carbons (Fsp3) is 0.150. The zero-order valence-corrected chi connectivity index (χ0v) is 17.3. The van der Waals surface area contributed by atoms with Gasteiger partial charge >= 0.3 is 5.69 Å². The van der Waals surface area contributed by atoms with Crippen molar-refractivity contribution in [2.45, 2.75) is 10.9 Å². The molecule has 2 aromatic heterocycles. The van der Waals surface area contributed by atoms with Crippen molar-refractivity contribution >= 4 is 29.0 Å². The predicted molar refractivity (Wildman–Crippen MR) is 113 cm³/mol. The first-order chi connectivity index (χ1) is 14.1. The van der Waals surface area contributed by atoms with Gasteiger partial charge in [-0.05, 0) is 35.4 Å². The SMILES string of the molecule is COc1cc(CSc2nc3c(-c4ccc(Cl)cc4)cnn3c(=O)[nH]2)cc(OC)c1. The number of nitrogens with one attached hydrogen (secondary N) is 1. The van der Waals surface area contributed by atoms with E-state index in [2.05, 4.69) is 15.1 Å². The Labute approximate surface area is 175 Å². The van der Waals surface area contributed by atoms with E-state index in [0.717, 1.165) is 16.7 Å². The van der Waals surface area contributed by atoms with Crippen LogP contribution in [0.4, 0.5) is 0 Å². The Morgan fingerprint density at radius 3 is 2.45 bits per heavy atom. The summed E-state index contributed by atoms with van der Waals surface area (Å²) in [6.45, 7) is 0. The average Bonchev–Trinajstić information content (AvgIpc) is 3.17. The van der Waals surface area contributed by atoms with Gasteiger partial charge in [-0.1, -0.05) is 35.5 Å². The van der Waals surface area contributed by atoms with Gasteiger partial charge in [0.25, 0.3) is 0 Å². The van der Waals surface area contributed by atoms with Gasteiger partial charge < -0.3 is 9.47 Å². The van der Waals surface area contributed by atoms with Gasteiger partial charge in [0.15, 0.2) is 10.8 Å². The molecule has 0 bridgehead atoms. The quantitative estimate of drug-likeness (QED) is 0.466. The molecular formula is C20H17ClN4O3S. The maximum Gasteiger partial charge on any atom is 0.350 e. The van der Waals surface area contributed by atoms with Crippen molar-refractivity contribution in [3.8, 4) is 22.6 Å². The van der Waals surface area contributed by atoms with E-state index in [4.69, 9.17) is 21.1 Å². The van der Waals surface area contributed by atoms with Gasteiger partial charge in [-0.3, -0.25) is 4.98 Å². The number of aromatic amines is 1. The molecule has 1 N–H and O–H groups in total. The van der Waals surface area contributed by atoms with Gasteiger partial charge in [0.1, 0.15) is 11.5 Å². The van der Waals surface area contributed by atoms with Crippen LogP contribution in [0.15, 0.2) is 58.6 Å². The maximum absolute atomic E-state index is 12.4. The first-order valence-electron chi connectivity index (χ1n) is 8.66. The van der Waals surface area contributed by atoms with E-state index in [9.17, 15) is 4.79 Å². The van der Waals surface area contributed by atoms with Crippen LogP contribution in [0.3, 0.4) is 0 Å². The summed E-state index contributed by atoms with van der Waals surface area (Å²) in [5.74, 6) is 1.99. The summed E-state index contributed by atoms with van der Waals surface area (Å²) in [6, 6.07) is 13.0. The van der Waals surface area contributed by atoms with Crippen LogP contribution < -0.4 is 15.2 Å². The van der Waals surface area contributed by atoms with Crippen molar-refractivity contribution in [1.82, 2.24) is 19.6 Å². The molecule has 9 heteroatoms. The van der Waals surface area contributed by atoms with Crippen molar-refractivity contribution in [2.75, 3.05) is 14.2 Å². The largest absolute Gasteiger partial charge is 0.497 e. The fourth-order valence-corrected chi connectivity index (χ4v) is 3.78. The van der Waals surface area contributed by atoms with Crippen molar-refractivity contribution in [1.29, 1.82) is 0 Å². The number of aromatic nitrogens is 4. The van der Waals surface area contributed by atoms with Crippen molar-refractivity contribution in [2.24, 2.45) is 0 Å². The van der Waals surface area contributed by atoms with Crippen LogP contribution in [0, 0.1) is 0 Å². The number of methoxy groups -OCH3 is 2. The molecule has 4 rings (SSSR count). The third kappa shape index (κ3) is 4.08. The highest BCUT2D eigenvalue weighted by Gasteiger charge is 2.13. The van der Waals surface area contributed by atoms with E-state index in [1.54, 1.807) is 32.5 Å². The van der Waals surface area contributed by atoms with Crippen LogP contribution >= 0.6 is 23.4 Å². The number of benzene rings is 2. The molecule has 0 spiro atoms. The molecule has 4 aromatic rings. The highest BCUT2D eigenvalue weighted by Crippen LogP contribution is 2.28. The second kappa shape index (κ2) is 8.18. The standard InChI is InChI=1S/C20H17ClN4O3S/c1-27-15-7-12(8-16(9-15)28-2)11-29-19-23-18-17(10-22-25(18)20(26)24-19)13-3-5-14(21)6-4-13/h3-10H,11H2,1-2H3,(H,23,24,26). The molecule has 0 amide bonds. The number of thioether (sulfide) groups is 1. The lowest BCUT2D eigenvalue weighted by Crippen LogP contribution is -2.19. The van der Waals surface area contributed by atoms with E-state index in [-0.39, 0.29) is 5.69 Å². The molecule has 2 aromatic carbocycles. The Morgan fingerprint density at radius 2 is 1.79 bits per heavy atom. The molecule has 0 aliphatic rings. The highest BCUT2D eigenvalue weighted by atomic mass is 35.5. The van der Waals surface area contributed by atoms with Crippen LogP contribution in [0.5, 0.6) is 11.5 Å². The first-order valence-corrected chi connectivity index (χ1v) is 10.0. The molecule has 0 unspecified atom stereocenters. The zero-order chi connectivity index (χ0) is 20.4. The number of hydrogen-bond acceptors (Lipinski definition) is 6. The average molecular weight is 429 g/mol. The molecule has 0 aliphatic carbocycles. The third-order valence-electron chi connectivity index (χ3n) is 4.30. The lowest BCUT2D eigenvalue weighted by Gasteiger charge is -2.08. The molecule has 0 saturated heterocycles. The second-order valence-corrected chi connectivity index (χ2v) is 7.56. The van der Waals surface area contributed by atoms with E-state index in [0.29, 0.717) is 33.1 Å². The summed E-state index contributed by atoms with van der Waals surface area (Å²) in [4.78, 5) is 19.8. The molecule has 0 saturated carbocycles. The van der Waals surface area contributed by atoms with E-state index >= 15 is 0 Å².